The van der Waals surface area contributed by atoms with Gasteiger partial charge in [0.2, 0.25) is 5.91 Å². The van der Waals surface area contributed by atoms with Crippen LogP contribution in [0.2, 0.25) is 0 Å². The molecule has 4 N–H and O–H groups in total. The molecule has 0 spiro atoms. The molecule has 0 aromatic heterocycles. The molecule has 2 heterocycles. The molecule has 204 valence electrons. The third-order valence-corrected chi connectivity index (χ3v) is 10.4. The van der Waals surface area contributed by atoms with Crippen molar-refractivity contribution < 1.29 is 4.79 Å². The second-order valence-electron chi connectivity index (χ2n) is 12.6. The monoisotopic (exact) mass is 499 g/mol. The Bertz CT molecular complexity index is 775. The average Bonchev–Trinajstić information content (AvgIpc) is 3.23. The topological polar surface area (TPSA) is 85.5 Å². The van der Waals surface area contributed by atoms with Crippen LogP contribution in [0.25, 0.3) is 0 Å². The first-order chi connectivity index (χ1) is 17.3. The Morgan fingerprint density at radius 2 is 1.78 bits per heavy atom. The molecule has 2 saturated heterocycles. The van der Waals surface area contributed by atoms with Crippen LogP contribution in [-0.4, -0.2) is 59.3 Å². The largest absolute Gasteiger partial charge is 0.387 e. The van der Waals surface area contributed by atoms with Crippen LogP contribution in [0.1, 0.15) is 97.8 Å². The summed E-state index contributed by atoms with van der Waals surface area (Å²) in [6, 6.07) is 0.654. The van der Waals surface area contributed by atoms with E-state index in [4.69, 9.17) is 11.1 Å². The molecule has 0 bridgehead atoms. The van der Waals surface area contributed by atoms with Gasteiger partial charge in [-0.2, -0.15) is 0 Å². The SMILES string of the molecule is C=C(C)N1CCC(NC(=O)C2CC3CCC(C(=N)N)CC3N2CC2CCCC(CC)C2CCC)CC1. The van der Waals surface area contributed by atoms with Gasteiger partial charge < -0.3 is 16.0 Å². The van der Waals surface area contributed by atoms with Gasteiger partial charge in [0.25, 0.3) is 0 Å². The number of rotatable bonds is 9. The quantitative estimate of drug-likeness (QED) is 0.303. The fourth-order valence-electron chi connectivity index (χ4n) is 8.31. The Hall–Kier alpha value is -1.56. The normalized spacial score (nSPS) is 35.9. The van der Waals surface area contributed by atoms with Crippen LogP contribution in [0.4, 0.5) is 0 Å². The number of hydrogen-bond acceptors (Lipinski definition) is 4. The lowest BCUT2D eigenvalue weighted by Gasteiger charge is -2.44. The van der Waals surface area contributed by atoms with Gasteiger partial charge in [0.15, 0.2) is 0 Å². The van der Waals surface area contributed by atoms with Crippen molar-refractivity contribution in [2.24, 2.45) is 35.3 Å². The van der Waals surface area contributed by atoms with Crippen molar-refractivity contribution in [2.75, 3.05) is 19.6 Å². The van der Waals surface area contributed by atoms with Crippen molar-refractivity contribution >= 4 is 11.7 Å². The van der Waals surface area contributed by atoms with Crippen LogP contribution >= 0.6 is 0 Å². The van der Waals surface area contributed by atoms with E-state index in [-0.39, 0.29) is 23.9 Å². The van der Waals surface area contributed by atoms with E-state index in [1.54, 1.807) is 0 Å². The zero-order valence-electron chi connectivity index (χ0n) is 23.3. The van der Waals surface area contributed by atoms with Gasteiger partial charge in [-0.3, -0.25) is 15.1 Å². The molecule has 6 nitrogen and oxygen atoms in total. The van der Waals surface area contributed by atoms with E-state index >= 15 is 0 Å². The maximum Gasteiger partial charge on any atom is 0.237 e. The number of hydrogen-bond donors (Lipinski definition) is 3. The predicted molar refractivity (Wildman–Crippen MR) is 149 cm³/mol. The summed E-state index contributed by atoms with van der Waals surface area (Å²) in [5, 5.41) is 11.6. The zero-order chi connectivity index (χ0) is 25.8. The van der Waals surface area contributed by atoms with E-state index in [2.05, 4.69) is 42.5 Å². The van der Waals surface area contributed by atoms with Crippen LogP contribution in [-0.2, 0) is 4.79 Å². The molecule has 1 amide bonds. The molecule has 2 aliphatic carbocycles. The van der Waals surface area contributed by atoms with Crippen molar-refractivity contribution in [3.05, 3.63) is 12.3 Å². The molecular formula is C30H53N5O. The van der Waals surface area contributed by atoms with Crippen molar-refractivity contribution in [2.45, 2.75) is 116 Å². The molecule has 4 fully saturated rings. The van der Waals surface area contributed by atoms with E-state index < -0.39 is 0 Å². The summed E-state index contributed by atoms with van der Waals surface area (Å²) >= 11 is 0. The molecule has 0 aromatic carbocycles. The van der Waals surface area contributed by atoms with Gasteiger partial charge in [0.05, 0.1) is 11.9 Å². The summed E-state index contributed by atoms with van der Waals surface area (Å²) in [5.74, 6) is 3.67. The minimum atomic E-state index is -0.0193. The minimum absolute atomic E-state index is 0.0193. The first-order valence-corrected chi connectivity index (χ1v) is 15.1. The van der Waals surface area contributed by atoms with Crippen LogP contribution in [0.5, 0.6) is 0 Å². The highest BCUT2D eigenvalue weighted by Gasteiger charge is 2.49. The lowest BCUT2D eigenvalue weighted by atomic mass is 9.68. The van der Waals surface area contributed by atoms with Gasteiger partial charge in [-0.1, -0.05) is 52.5 Å². The number of carbonyl (C=O) groups is 1. The Morgan fingerprint density at radius 3 is 2.42 bits per heavy atom. The van der Waals surface area contributed by atoms with Crippen LogP contribution in [0.15, 0.2) is 12.3 Å². The number of carbonyl (C=O) groups excluding carboxylic acids is 1. The summed E-state index contributed by atoms with van der Waals surface area (Å²) in [4.78, 5) is 18.8. The second kappa shape index (κ2) is 12.3. The summed E-state index contributed by atoms with van der Waals surface area (Å²) < 4.78 is 0. The summed E-state index contributed by atoms with van der Waals surface area (Å²) in [5.41, 5.74) is 7.13. The highest BCUT2D eigenvalue weighted by Crippen LogP contribution is 2.45. The fraction of sp³-hybridized carbons (Fsp3) is 0.867. The third-order valence-electron chi connectivity index (χ3n) is 10.4. The third kappa shape index (κ3) is 6.11. The van der Waals surface area contributed by atoms with Gasteiger partial charge in [0, 0.05) is 43.3 Å². The maximum absolute atomic E-state index is 13.8. The van der Waals surface area contributed by atoms with E-state index in [1.165, 1.54) is 38.5 Å². The summed E-state index contributed by atoms with van der Waals surface area (Å²) in [7, 11) is 0. The molecule has 2 saturated carbocycles. The molecule has 4 aliphatic rings. The highest BCUT2D eigenvalue weighted by atomic mass is 16.2. The number of nitrogens with zero attached hydrogens (tertiary/aromatic N) is 2. The lowest BCUT2D eigenvalue weighted by Crippen LogP contribution is -2.53. The maximum atomic E-state index is 13.8. The predicted octanol–water partition coefficient (Wildman–Crippen LogP) is 5.14. The fourth-order valence-corrected chi connectivity index (χ4v) is 8.31. The van der Waals surface area contributed by atoms with Crippen LogP contribution in [0, 0.1) is 35.0 Å². The summed E-state index contributed by atoms with van der Waals surface area (Å²) in [6.07, 6.45) is 13.9. The van der Waals surface area contributed by atoms with Gasteiger partial charge in [-0.25, -0.2) is 0 Å². The molecule has 36 heavy (non-hydrogen) atoms. The average molecular weight is 500 g/mol. The van der Waals surface area contributed by atoms with Crippen LogP contribution < -0.4 is 11.1 Å². The van der Waals surface area contributed by atoms with Gasteiger partial charge in [-0.15, -0.1) is 0 Å². The number of amides is 1. The van der Waals surface area contributed by atoms with Gasteiger partial charge >= 0.3 is 0 Å². The second-order valence-corrected chi connectivity index (χ2v) is 12.6. The number of likely N-dealkylation sites (tertiary alicyclic amines) is 2. The lowest BCUT2D eigenvalue weighted by molar-refractivity contribution is -0.127. The summed E-state index contributed by atoms with van der Waals surface area (Å²) in [6.45, 7) is 13.9. The highest BCUT2D eigenvalue weighted by molar-refractivity contribution is 5.83. The smallest absolute Gasteiger partial charge is 0.237 e. The van der Waals surface area contributed by atoms with Crippen molar-refractivity contribution in [1.29, 1.82) is 5.41 Å². The molecule has 2 aliphatic heterocycles. The van der Waals surface area contributed by atoms with Crippen molar-refractivity contribution in [1.82, 2.24) is 15.1 Å². The van der Waals surface area contributed by atoms with E-state index in [0.717, 1.165) is 75.7 Å². The van der Waals surface area contributed by atoms with Gasteiger partial charge in [0.1, 0.15) is 0 Å². The Morgan fingerprint density at radius 1 is 1.06 bits per heavy atom. The number of piperidine rings is 1. The Labute approximate surface area is 220 Å². The first kappa shape index (κ1) is 27.5. The van der Waals surface area contributed by atoms with E-state index in [0.29, 0.717) is 23.7 Å². The molecule has 6 heteroatoms. The standard InChI is InChI=1S/C30H53N5O/c1-5-8-26-21(6-2)9-7-10-24(26)19-35-27-18-23(29(31)32)12-11-22(27)17-28(35)30(36)33-25-13-15-34(16-14-25)20(3)4/h21-28H,3,5-19H2,1-2,4H3,(H3,31,32)(H,33,36). The number of nitrogens with one attached hydrogen (secondary N) is 2. The minimum Gasteiger partial charge on any atom is -0.387 e. The van der Waals surface area contributed by atoms with Crippen molar-refractivity contribution in [3.63, 3.8) is 0 Å². The zero-order valence-corrected chi connectivity index (χ0v) is 23.3. The van der Waals surface area contributed by atoms with E-state index in [1.807, 2.05) is 0 Å². The molecule has 7 atom stereocenters. The number of amidine groups is 1. The Kier molecular flexibility index (Phi) is 9.40. The molecule has 4 rings (SSSR count). The Balaban J connectivity index is 1.49. The number of fused-ring (bicyclic) bond motifs is 1. The molecular weight excluding hydrogens is 446 g/mol. The van der Waals surface area contributed by atoms with Crippen LogP contribution in [0.3, 0.4) is 0 Å². The van der Waals surface area contributed by atoms with Gasteiger partial charge in [-0.05, 0) is 75.5 Å². The molecule has 0 radical (unpaired) electrons. The molecule has 0 aromatic rings. The molecule has 7 unspecified atom stereocenters. The van der Waals surface area contributed by atoms with E-state index in [9.17, 15) is 4.79 Å². The number of allylic oxidation sites excluding steroid dienone is 1. The number of nitrogens with two attached hydrogens (primary N) is 1. The van der Waals surface area contributed by atoms with Crippen molar-refractivity contribution in [3.8, 4) is 0 Å². The first-order valence-electron chi connectivity index (χ1n) is 15.1.